The molecule has 26 heavy (non-hydrogen) atoms. The lowest BCUT2D eigenvalue weighted by Crippen LogP contribution is -2.58. The molecule has 7 heteroatoms. The van der Waals surface area contributed by atoms with Crippen molar-refractivity contribution in [1.29, 1.82) is 0 Å². The molecule has 5 aliphatic rings. The van der Waals surface area contributed by atoms with Gasteiger partial charge in [-0.2, -0.15) is 0 Å². The molecule has 144 valence electrons. The molecule has 0 aromatic carbocycles. The summed E-state index contributed by atoms with van der Waals surface area (Å²) in [4.78, 5) is 38.0. The van der Waals surface area contributed by atoms with Gasteiger partial charge in [-0.1, -0.05) is 0 Å². The quantitative estimate of drug-likeness (QED) is 0.673. The van der Waals surface area contributed by atoms with Gasteiger partial charge in [-0.25, -0.2) is 0 Å². The Hall–Kier alpha value is -1.63. The number of hydrogen-bond donors (Lipinski definition) is 2. The molecule has 0 aromatic heterocycles. The zero-order valence-corrected chi connectivity index (χ0v) is 15.3. The Morgan fingerprint density at radius 2 is 1.81 bits per heavy atom. The zero-order valence-electron chi connectivity index (χ0n) is 15.3. The van der Waals surface area contributed by atoms with Crippen LogP contribution < -0.4 is 5.32 Å². The van der Waals surface area contributed by atoms with Gasteiger partial charge in [-0.05, 0) is 63.2 Å². The molecule has 5 fully saturated rings. The number of ether oxygens (including phenoxy) is 1. The maximum atomic E-state index is 12.8. The van der Waals surface area contributed by atoms with Crippen LogP contribution in [0, 0.1) is 17.3 Å². The molecule has 4 bridgehead atoms. The van der Waals surface area contributed by atoms with E-state index in [4.69, 9.17) is 4.74 Å². The van der Waals surface area contributed by atoms with E-state index in [1.807, 2.05) is 0 Å². The molecule has 2 atom stereocenters. The predicted octanol–water partition coefficient (Wildman–Crippen LogP) is 0.598. The van der Waals surface area contributed by atoms with Crippen molar-refractivity contribution in [3.8, 4) is 0 Å². The number of nitrogens with zero attached hydrogens (tertiary/aromatic N) is 1. The van der Waals surface area contributed by atoms with Gasteiger partial charge >= 0.3 is 5.97 Å². The van der Waals surface area contributed by atoms with E-state index in [-0.39, 0.29) is 37.0 Å². The summed E-state index contributed by atoms with van der Waals surface area (Å²) < 4.78 is 5.36. The number of esters is 1. The topological polar surface area (TPSA) is 95.9 Å². The fourth-order valence-electron chi connectivity index (χ4n) is 5.65. The summed E-state index contributed by atoms with van der Waals surface area (Å²) >= 11 is 0. The van der Waals surface area contributed by atoms with Gasteiger partial charge in [0.25, 0.3) is 5.91 Å². The van der Waals surface area contributed by atoms with Crippen molar-refractivity contribution >= 4 is 17.8 Å². The summed E-state index contributed by atoms with van der Waals surface area (Å²) in [7, 11) is 1.54. The number of nitrogens with one attached hydrogen (secondary N) is 1. The first-order valence-corrected chi connectivity index (χ1v) is 9.70. The lowest BCUT2D eigenvalue weighted by Gasteiger charge is -2.58. The maximum Gasteiger partial charge on any atom is 0.312 e. The highest BCUT2D eigenvalue weighted by molar-refractivity contribution is 5.87. The van der Waals surface area contributed by atoms with Gasteiger partial charge in [-0.15, -0.1) is 0 Å². The molecule has 0 spiro atoms. The fraction of sp³-hybridized carbons (Fsp3) is 0.842. The van der Waals surface area contributed by atoms with Gasteiger partial charge in [-0.3, -0.25) is 14.4 Å². The fourth-order valence-corrected chi connectivity index (χ4v) is 5.65. The van der Waals surface area contributed by atoms with Crippen molar-refractivity contribution in [2.75, 3.05) is 20.2 Å². The molecule has 0 unspecified atom stereocenters. The third kappa shape index (κ3) is 3.46. The Morgan fingerprint density at radius 3 is 2.38 bits per heavy atom. The number of carbonyl (C=O) groups excluding carboxylic acids is 3. The molecule has 0 aromatic rings. The van der Waals surface area contributed by atoms with E-state index in [1.165, 1.54) is 11.9 Å². The Balaban J connectivity index is 1.29. The molecular formula is C19H28N2O5. The van der Waals surface area contributed by atoms with Crippen LogP contribution in [0.1, 0.15) is 51.4 Å². The zero-order chi connectivity index (χ0) is 18.5. The van der Waals surface area contributed by atoms with Crippen LogP contribution in [0.2, 0.25) is 0 Å². The second kappa shape index (κ2) is 6.22. The highest BCUT2D eigenvalue weighted by Crippen LogP contribution is 2.61. The monoisotopic (exact) mass is 364 g/mol. The lowest BCUT2D eigenvalue weighted by molar-refractivity contribution is -0.196. The Kier molecular flexibility index (Phi) is 4.25. The first-order chi connectivity index (χ1) is 12.3. The number of carbonyl (C=O) groups is 3. The largest absolute Gasteiger partial charge is 0.455 e. The van der Waals surface area contributed by atoms with Crippen molar-refractivity contribution in [2.24, 2.45) is 17.3 Å². The summed E-state index contributed by atoms with van der Waals surface area (Å²) in [6.07, 6.45) is 6.65. The van der Waals surface area contributed by atoms with Gasteiger partial charge < -0.3 is 20.1 Å². The Labute approximate surface area is 153 Å². The van der Waals surface area contributed by atoms with Crippen molar-refractivity contribution in [3.05, 3.63) is 0 Å². The summed E-state index contributed by atoms with van der Waals surface area (Å²) in [5, 5.41) is 13.6. The molecule has 0 heterocycles. The minimum absolute atomic E-state index is 0.0259. The van der Waals surface area contributed by atoms with E-state index in [2.05, 4.69) is 5.32 Å². The first-order valence-electron chi connectivity index (χ1n) is 9.70. The Morgan fingerprint density at radius 1 is 1.15 bits per heavy atom. The molecular weight excluding hydrogens is 336 g/mol. The summed E-state index contributed by atoms with van der Waals surface area (Å²) in [5.41, 5.74) is -1.36. The normalized spacial score (nSPS) is 37.3. The minimum atomic E-state index is -0.731. The molecule has 5 rings (SSSR count). The third-order valence-electron chi connectivity index (χ3n) is 6.54. The standard InChI is InChI=1S/C19H28N2O5/c1-21(9-15(22)20-14-2-3-14)16(23)10-26-17(24)18-5-12-4-13(6-18)8-19(25,7-12)11-18/h12-14,25H,2-11H2,1H3,(H,20,22)/t12-,13-,18?,19?/m0/s1. The van der Waals surface area contributed by atoms with Gasteiger partial charge in [0.2, 0.25) is 5.91 Å². The average Bonchev–Trinajstić information content (AvgIpc) is 3.33. The third-order valence-corrected chi connectivity index (χ3v) is 6.54. The molecule has 2 amide bonds. The van der Waals surface area contributed by atoms with E-state index < -0.39 is 11.0 Å². The van der Waals surface area contributed by atoms with Gasteiger partial charge in [0, 0.05) is 13.1 Å². The number of aliphatic hydroxyl groups is 1. The summed E-state index contributed by atoms with van der Waals surface area (Å²) in [6, 6.07) is 0.255. The predicted molar refractivity (Wildman–Crippen MR) is 91.8 cm³/mol. The SMILES string of the molecule is CN(CC(=O)NC1CC1)C(=O)COC(=O)C12C[C@@H]3C[C@H](CC(O)(C3)C1)C2. The van der Waals surface area contributed by atoms with Crippen molar-refractivity contribution < 1.29 is 24.2 Å². The lowest BCUT2D eigenvalue weighted by atomic mass is 9.48. The van der Waals surface area contributed by atoms with Crippen LogP contribution in [0.3, 0.4) is 0 Å². The van der Waals surface area contributed by atoms with Crippen LogP contribution in [0.25, 0.3) is 0 Å². The second-order valence-electron chi connectivity index (χ2n) is 9.13. The van der Waals surface area contributed by atoms with E-state index >= 15 is 0 Å². The molecule has 0 saturated heterocycles. The average molecular weight is 364 g/mol. The number of hydrogen-bond acceptors (Lipinski definition) is 5. The maximum absolute atomic E-state index is 12.8. The highest BCUT2D eigenvalue weighted by atomic mass is 16.5. The van der Waals surface area contributed by atoms with Gasteiger partial charge in [0.15, 0.2) is 6.61 Å². The van der Waals surface area contributed by atoms with Crippen LogP contribution in [-0.2, 0) is 19.1 Å². The number of amides is 2. The van der Waals surface area contributed by atoms with Gasteiger partial charge in [0.05, 0.1) is 17.6 Å². The van der Waals surface area contributed by atoms with Crippen molar-refractivity contribution in [2.45, 2.75) is 63.0 Å². The highest BCUT2D eigenvalue weighted by Gasteiger charge is 2.60. The number of likely N-dealkylation sites (N-methyl/N-ethyl adjacent to an activating group) is 1. The Bertz CT molecular complexity index is 615. The van der Waals surface area contributed by atoms with Crippen LogP contribution >= 0.6 is 0 Å². The first kappa shape index (κ1) is 17.8. The van der Waals surface area contributed by atoms with Crippen LogP contribution in [0.5, 0.6) is 0 Å². The van der Waals surface area contributed by atoms with Crippen LogP contribution in [0.4, 0.5) is 0 Å². The van der Waals surface area contributed by atoms with Crippen molar-refractivity contribution in [1.82, 2.24) is 10.2 Å². The molecule has 5 aliphatic carbocycles. The van der Waals surface area contributed by atoms with Crippen molar-refractivity contribution in [3.63, 3.8) is 0 Å². The van der Waals surface area contributed by atoms with E-state index in [1.54, 1.807) is 0 Å². The molecule has 5 saturated carbocycles. The smallest absolute Gasteiger partial charge is 0.312 e. The van der Waals surface area contributed by atoms with E-state index in [0.29, 0.717) is 18.3 Å². The summed E-state index contributed by atoms with van der Waals surface area (Å²) in [6.45, 7) is -0.372. The van der Waals surface area contributed by atoms with E-state index in [0.717, 1.165) is 44.9 Å². The molecule has 0 aliphatic heterocycles. The second-order valence-corrected chi connectivity index (χ2v) is 9.13. The molecule has 2 N–H and O–H groups in total. The minimum Gasteiger partial charge on any atom is -0.455 e. The summed E-state index contributed by atoms with van der Waals surface area (Å²) in [5.74, 6) is -0.142. The van der Waals surface area contributed by atoms with Gasteiger partial charge in [0.1, 0.15) is 0 Å². The number of rotatable bonds is 6. The van der Waals surface area contributed by atoms with E-state index in [9.17, 15) is 19.5 Å². The molecule has 7 nitrogen and oxygen atoms in total. The van der Waals surface area contributed by atoms with Crippen LogP contribution in [0.15, 0.2) is 0 Å². The molecule has 0 radical (unpaired) electrons. The van der Waals surface area contributed by atoms with Crippen LogP contribution in [-0.4, -0.2) is 59.6 Å².